The fourth-order valence-corrected chi connectivity index (χ4v) is 2.27. The molecule has 0 aliphatic rings. The number of carbonyl (C=O) groups excluding carboxylic acids is 1. The SMILES string of the molecule is CC(=O)SCC(O)C(O)c1ccc(F)cc1CC(=O)O. The van der Waals surface area contributed by atoms with Gasteiger partial charge in [0.1, 0.15) is 11.9 Å². The molecule has 0 aliphatic heterocycles. The second-order valence-corrected chi connectivity index (χ2v) is 5.43. The highest BCUT2D eigenvalue weighted by Crippen LogP contribution is 2.24. The second-order valence-electron chi connectivity index (χ2n) is 4.23. The van der Waals surface area contributed by atoms with E-state index in [0.29, 0.717) is 0 Å². The van der Waals surface area contributed by atoms with Crippen molar-refractivity contribution in [2.45, 2.75) is 25.6 Å². The van der Waals surface area contributed by atoms with Gasteiger partial charge in [-0.05, 0) is 23.3 Å². The zero-order valence-corrected chi connectivity index (χ0v) is 11.6. The zero-order valence-electron chi connectivity index (χ0n) is 10.7. The van der Waals surface area contributed by atoms with E-state index in [1.54, 1.807) is 0 Å². The molecule has 3 N–H and O–H groups in total. The van der Waals surface area contributed by atoms with Crippen molar-refractivity contribution in [1.82, 2.24) is 0 Å². The van der Waals surface area contributed by atoms with Gasteiger partial charge in [0.05, 0.1) is 12.5 Å². The third kappa shape index (κ3) is 4.92. The van der Waals surface area contributed by atoms with Crippen LogP contribution in [0.3, 0.4) is 0 Å². The average Bonchev–Trinajstić information content (AvgIpc) is 2.34. The summed E-state index contributed by atoms with van der Waals surface area (Å²) in [5.41, 5.74) is 0.238. The third-order valence-electron chi connectivity index (χ3n) is 2.59. The number of carboxylic acids is 1. The smallest absolute Gasteiger partial charge is 0.307 e. The Kier molecular flexibility index (Phi) is 6.12. The molecule has 0 fully saturated rings. The van der Waals surface area contributed by atoms with E-state index in [4.69, 9.17) is 5.11 Å². The van der Waals surface area contributed by atoms with Crippen LogP contribution in [-0.2, 0) is 16.0 Å². The van der Waals surface area contributed by atoms with Crippen LogP contribution in [0.1, 0.15) is 24.2 Å². The van der Waals surface area contributed by atoms with Crippen LogP contribution in [0.2, 0.25) is 0 Å². The lowest BCUT2D eigenvalue weighted by Crippen LogP contribution is -2.23. The maximum Gasteiger partial charge on any atom is 0.307 e. The van der Waals surface area contributed by atoms with Crippen LogP contribution in [0, 0.1) is 5.82 Å². The van der Waals surface area contributed by atoms with Crippen molar-refractivity contribution in [2.75, 3.05) is 5.75 Å². The molecule has 110 valence electrons. The van der Waals surface area contributed by atoms with E-state index in [1.807, 2.05) is 0 Å². The number of halogens is 1. The zero-order chi connectivity index (χ0) is 15.3. The molecule has 20 heavy (non-hydrogen) atoms. The number of benzene rings is 1. The van der Waals surface area contributed by atoms with E-state index in [0.717, 1.165) is 23.9 Å². The Labute approximate surface area is 119 Å². The summed E-state index contributed by atoms with van der Waals surface area (Å²) in [4.78, 5) is 21.5. The predicted molar refractivity (Wildman–Crippen MR) is 71.8 cm³/mol. The fraction of sp³-hybridized carbons (Fsp3) is 0.385. The van der Waals surface area contributed by atoms with E-state index in [1.165, 1.54) is 13.0 Å². The number of carbonyl (C=O) groups is 2. The van der Waals surface area contributed by atoms with Gasteiger partial charge in [-0.3, -0.25) is 9.59 Å². The van der Waals surface area contributed by atoms with Crippen LogP contribution in [0.15, 0.2) is 18.2 Å². The lowest BCUT2D eigenvalue weighted by molar-refractivity contribution is -0.136. The van der Waals surface area contributed by atoms with Gasteiger partial charge in [0.2, 0.25) is 0 Å². The highest BCUT2D eigenvalue weighted by molar-refractivity contribution is 8.13. The van der Waals surface area contributed by atoms with Crippen molar-refractivity contribution in [3.8, 4) is 0 Å². The molecular weight excluding hydrogens is 287 g/mol. The minimum Gasteiger partial charge on any atom is -0.481 e. The van der Waals surface area contributed by atoms with E-state index >= 15 is 0 Å². The number of hydrogen-bond donors (Lipinski definition) is 3. The molecule has 0 saturated carbocycles. The highest BCUT2D eigenvalue weighted by atomic mass is 32.2. The van der Waals surface area contributed by atoms with Gasteiger partial charge in [-0.1, -0.05) is 17.8 Å². The number of carboxylic acid groups (broad SMARTS) is 1. The number of aliphatic hydroxyl groups is 2. The van der Waals surface area contributed by atoms with Crippen molar-refractivity contribution in [2.24, 2.45) is 0 Å². The number of rotatable bonds is 6. The normalized spacial score (nSPS) is 13.8. The van der Waals surface area contributed by atoms with Crippen LogP contribution in [-0.4, -0.2) is 38.3 Å². The monoisotopic (exact) mass is 302 g/mol. The standard InChI is InChI=1S/C13H15FO5S/c1-7(15)20-6-11(16)13(19)10-3-2-9(14)4-8(10)5-12(17)18/h2-4,11,13,16,19H,5-6H2,1H3,(H,17,18). The molecule has 0 aromatic heterocycles. The first-order chi connectivity index (χ1) is 9.31. The Balaban J connectivity index is 2.93. The molecule has 0 heterocycles. The molecule has 0 aliphatic carbocycles. The number of hydrogen-bond acceptors (Lipinski definition) is 5. The van der Waals surface area contributed by atoms with Crippen LogP contribution in [0.4, 0.5) is 4.39 Å². The molecule has 2 unspecified atom stereocenters. The summed E-state index contributed by atoms with van der Waals surface area (Å²) in [6, 6.07) is 3.33. The van der Waals surface area contributed by atoms with Crippen molar-refractivity contribution in [3.05, 3.63) is 35.1 Å². The van der Waals surface area contributed by atoms with Gasteiger partial charge in [0.25, 0.3) is 0 Å². The minimum atomic E-state index is -1.38. The van der Waals surface area contributed by atoms with Gasteiger partial charge in [-0.2, -0.15) is 0 Å². The van der Waals surface area contributed by atoms with Crippen molar-refractivity contribution < 1.29 is 29.3 Å². The molecule has 1 aromatic carbocycles. The summed E-state index contributed by atoms with van der Waals surface area (Å²) in [6.45, 7) is 1.33. The summed E-state index contributed by atoms with van der Waals surface area (Å²) >= 11 is 0.846. The van der Waals surface area contributed by atoms with Gasteiger partial charge in [-0.15, -0.1) is 0 Å². The van der Waals surface area contributed by atoms with Crippen molar-refractivity contribution >= 4 is 22.8 Å². The minimum absolute atomic E-state index is 0.0274. The van der Waals surface area contributed by atoms with Gasteiger partial charge in [0, 0.05) is 12.7 Å². The molecule has 5 nitrogen and oxygen atoms in total. The lowest BCUT2D eigenvalue weighted by Gasteiger charge is -2.20. The van der Waals surface area contributed by atoms with E-state index < -0.39 is 30.4 Å². The molecular formula is C13H15FO5S. The van der Waals surface area contributed by atoms with Gasteiger partial charge in [0.15, 0.2) is 5.12 Å². The Morgan fingerprint density at radius 2 is 2.00 bits per heavy atom. The van der Waals surface area contributed by atoms with Gasteiger partial charge in [-0.25, -0.2) is 4.39 Å². The Hall–Kier alpha value is -1.44. The molecule has 0 radical (unpaired) electrons. The quantitative estimate of drug-likeness (QED) is 0.729. The Bertz CT molecular complexity index is 506. The molecule has 2 atom stereocenters. The molecule has 1 aromatic rings. The lowest BCUT2D eigenvalue weighted by atomic mass is 9.97. The first-order valence-electron chi connectivity index (χ1n) is 5.81. The molecule has 0 spiro atoms. The van der Waals surface area contributed by atoms with E-state index in [2.05, 4.69) is 0 Å². The Morgan fingerprint density at radius 3 is 2.55 bits per heavy atom. The van der Waals surface area contributed by atoms with E-state index in [9.17, 15) is 24.2 Å². The topological polar surface area (TPSA) is 94.8 Å². The molecule has 0 amide bonds. The summed E-state index contributed by atoms with van der Waals surface area (Å²) in [5.74, 6) is -1.82. The third-order valence-corrected chi connectivity index (χ3v) is 3.50. The van der Waals surface area contributed by atoms with Crippen LogP contribution >= 0.6 is 11.8 Å². The maximum absolute atomic E-state index is 13.1. The maximum atomic E-state index is 13.1. The molecule has 0 saturated heterocycles. The van der Waals surface area contributed by atoms with Gasteiger partial charge >= 0.3 is 5.97 Å². The molecule has 1 rings (SSSR count). The van der Waals surface area contributed by atoms with E-state index in [-0.39, 0.29) is 22.0 Å². The average molecular weight is 302 g/mol. The first kappa shape index (κ1) is 16.6. The van der Waals surface area contributed by atoms with Gasteiger partial charge < -0.3 is 15.3 Å². The van der Waals surface area contributed by atoms with Crippen LogP contribution in [0.5, 0.6) is 0 Å². The Morgan fingerprint density at radius 1 is 1.35 bits per heavy atom. The second kappa shape index (κ2) is 7.37. The predicted octanol–water partition coefficient (Wildman–Crippen LogP) is 1.13. The van der Waals surface area contributed by atoms with Crippen LogP contribution in [0.25, 0.3) is 0 Å². The van der Waals surface area contributed by atoms with Crippen molar-refractivity contribution in [3.63, 3.8) is 0 Å². The van der Waals surface area contributed by atoms with Crippen LogP contribution < -0.4 is 0 Å². The largest absolute Gasteiger partial charge is 0.481 e. The number of aliphatic carboxylic acids is 1. The first-order valence-corrected chi connectivity index (χ1v) is 6.79. The van der Waals surface area contributed by atoms with Crippen molar-refractivity contribution in [1.29, 1.82) is 0 Å². The fourth-order valence-electron chi connectivity index (χ4n) is 1.68. The number of thioether (sulfide) groups is 1. The molecule has 0 bridgehead atoms. The summed E-state index contributed by atoms with van der Waals surface area (Å²) in [5, 5.41) is 28.3. The summed E-state index contributed by atoms with van der Waals surface area (Å²) in [7, 11) is 0. The number of aliphatic hydroxyl groups excluding tert-OH is 2. The highest BCUT2D eigenvalue weighted by Gasteiger charge is 2.22. The molecule has 7 heteroatoms. The summed E-state index contributed by atoms with van der Waals surface area (Å²) in [6.07, 6.45) is -3.09. The summed E-state index contributed by atoms with van der Waals surface area (Å²) < 4.78 is 13.1.